The number of piperazine rings is 1. The van der Waals surface area contributed by atoms with Crippen LogP contribution in [0.15, 0.2) is 0 Å². The third-order valence-corrected chi connectivity index (χ3v) is 3.66. The molecule has 0 radical (unpaired) electrons. The van der Waals surface area contributed by atoms with Gasteiger partial charge in [-0.1, -0.05) is 6.92 Å². The normalized spacial score (nSPS) is 38.4. The molecule has 0 aromatic rings. The molecule has 2 heterocycles. The molecule has 88 valence electrons. The van der Waals surface area contributed by atoms with Crippen molar-refractivity contribution in [3.05, 3.63) is 0 Å². The minimum absolute atomic E-state index is 0.504. The SMILES string of the molecule is CCC1CNC(C)CN1CC1CCCO1. The molecule has 2 aliphatic heterocycles. The van der Waals surface area contributed by atoms with Crippen molar-refractivity contribution in [2.75, 3.05) is 26.2 Å². The Morgan fingerprint density at radius 1 is 1.47 bits per heavy atom. The van der Waals surface area contributed by atoms with Crippen LogP contribution < -0.4 is 5.32 Å². The van der Waals surface area contributed by atoms with Gasteiger partial charge in [0.05, 0.1) is 6.10 Å². The van der Waals surface area contributed by atoms with E-state index in [1.807, 2.05) is 0 Å². The van der Waals surface area contributed by atoms with Crippen LogP contribution in [0.4, 0.5) is 0 Å². The standard InChI is InChI=1S/C12H24N2O/c1-3-11-7-13-10(2)8-14(11)9-12-5-4-6-15-12/h10-13H,3-9H2,1-2H3. The van der Waals surface area contributed by atoms with Gasteiger partial charge in [0.1, 0.15) is 0 Å². The molecular weight excluding hydrogens is 188 g/mol. The first kappa shape index (κ1) is 11.4. The molecule has 3 atom stereocenters. The summed E-state index contributed by atoms with van der Waals surface area (Å²) in [5, 5.41) is 3.56. The first-order valence-electron chi connectivity index (χ1n) is 6.38. The smallest absolute Gasteiger partial charge is 0.0702 e. The summed E-state index contributed by atoms with van der Waals surface area (Å²) in [4.78, 5) is 2.62. The molecule has 3 heteroatoms. The van der Waals surface area contributed by atoms with Crippen LogP contribution in [0.1, 0.15) is 33.1 Å². The fraction of sp³-hybridized carbons (Fsp3) is 1.00. The number of rotatable bonds is 3. The highest BCUT2D eigenvalue weighted by Gasteiger charge is 2.27. The summed E-state index contributed by atoms with van der Waals surface area (Å²) in [5.74, 6) is 0. The Morgan fingerprint density at radius 3 is 3.00 bits per heavy atom. The van der Waals surface area contributed by atoms with E-state index >= 15 is 0 Å². The van der Waals surface area contributed by atoms with Gasteiger partial charge in [0, 0.05) is 38.3 Å². The minimum atomic E-state index is 0.504. The highest BCUT2D eigenvalue weighted by Crippen LogP contribution is 2.17. The third kappa shape index (κ3) is 2.92. The van der Waals surface area contributed by atoms with E-state index in [-0.39, 0.29) is 0 Å². The van der Waals surface area contributed by atoms with Gasteiger partial charge in [-0.3, -0.25) is 4.90 Å². The van der Waals surface area contributed by atoms with Gasteiger partial charge in [-0.2, -0.15) is 0 Å². The molecule has 2 aliphatic rings. The fourth-order valence-corrected chi connectivity index (χ4v) is 2.71. The average Bonchev–Trinajstić information content (AvgIpc) is 2.71. The lowest BCUT2D eigenvalue weighted by Gasteiger charge is -2.40. The number of hydrogen-bond donors (Lipinski definition) is 1. The molecule has 0 saturated carbocycles. The quantitative estimate of drug-likeness (QED) is 0.762. The van der Waals surface area contributed by atoms with Crippen molar-refractivity contribution in [1.29, 1.82) is 0 Å². The maximum Gasteiger partial charge on any atom is 0.0702 e. The van der Waals surface area contributed by atoms with E-state index in [4.69, 9.17) is 4.74 Å². The summed E-state index contributed by atoms with van der Waals surface area (Å²) in [5.41, 5.74) is 0. The lowest BCUT2D eigenvalue weighted by Crippen LogP contribution is -2.56. The van der Waals surface area contributed by atoms with Crippen molar-refractivity contribution in [2.24, 2.45) is 0 Å². The summed E-state index contributed by atoms with van der Waals surface area (Å²) in [6.07, 6.45) is 4.26. The maximum absolute atomic E-state index is 5.72. The topological polar surface area (TPSA) is 24.5 Å². The Hall–Kier alpha value is -0.120. The first-order chi connectivity index (χ1) is 7.29. The summed E-state index contributed by atoms with van der Waals surface area (Å²) in [6.45, 7) is 9.00. The molecule has 2 rings (SSSR count). The molecule has 0 aromatic carbocycles. The largest absolute Gasteiger partial charge is 0.377 e. The Balaban J connectivity index is 1.85. The molecule has 2 saturated heterocycles. The van der Waals surface area contributed by atoms with Gasteiger partial charge < -0.3 is 10.1 Å². The van der Waals surface area contributed by atoms with Crippen LogP contribution in [0.2, 0.25) is 0 Å². The predicted molar refractivity (Wildman–Crippen MR) is 62.1 cm³/mol. The van der Waals surface area contributed by atoms with E-state index < -0.39 is 0 Å². The monoisotopic (exact) mass is 212 g/mol. The van der Waals surface area contributed by atoms with Gasteiger partial charge in [0.15, 0.2) is 0 Å². The van der Waals surface area contributed by atoms with Crippen LogP contribution in [0.3, 0.4) is 0 Å². The van der Waals surface area contributed by atoms with Gasteiger partial charge in [-0.25, -0.2) is 0 Å². The second-order valence-electron chi connectivity index (χ2n) is 4.96. The van der Waals surface area contributed by atoms with Crippen LogP contribution in [0.25, 0.3) is 0 Å². The van der Waals surface area contributed by atoms with Crippen LogP contribution in [-0.2, 0) is 4.74 Å². The zero-order chi connectivity index (χ0) is 10.7. The number of nitrogens with zero attached hydrogens (tertiary/aromatic N) is 1. The van der Waals surface area contributed by atoms with Crippen molar-refractivity contribution < 1.29 is 4.74 Å². The zero-order valence-corrected chi connectivity index (χ0v) is 10.0. The van der Waals surface area contributed by atoms with E-state index in [9.17, 15) is 0 Å². The van der Waals surface area contributed by atoms with Gasteiger partial charge in [-0.05, 0) is 26.2 Å². The van der Waals surface area contributed by atoms with Crippen LogP contribution in [0.5, 0.6) is 0 Å². The highest BCUT2D eigenvalue weighted by molar-refractivity contribution is 4.85. The maximum atomic E-state index is 5.72. The fourth-order valence-electron chi connectivity index (χ4n) is 2.71. The summed E-state index contributed by atoms with van der Waals surface area (Å²) in [7, 11) is 0. The molecule has 0 amide bonds. The molecule has 0 aromatic heterocycles. The minimum Gasteiger partial charge on any atom is -0.377 e. The number of nitrogens with one attached hydrogen (secondary N) is 1. The second-order valence-corrected chi connectivity index (χ2v) is 4.96. The molecule has 3 unspecified atom stereocenters. The summed E-state index contributed by atoms with van der Waals surface area (Å²) < 4.78 is 5.72. The Bertz CT molecular complexity index is 192. The molecule has 0 aliphatic carbocycles. The molecule has 1 N–H and O–H groups in total. The van der Waals surface area contributed by atoms with E-state index in [0.717, 1.165) is 19.7 Å². The van der Waals surface area contributed by atoms with Crippen molar-refractivity contribution in [1.82, 2.24) is 10.2 Å². The molecule has 0 spiro atoms. The Kier molecular flexibility index (Phi) is 4.00. The highest BCUT2D eigenvalue weighted by atomic mass is 16.5. The van der Waals surface area contributed by atoms with Gasteiger partial charge in [0.2, 0.25) is 0 Å². The van der Waals surface area contributed by atoms with Crippen molar-refractivity contribution in [2.45, 2.75) is 51.3 Å². The molecule has 2 fully saturated rings. The Morgan fingerprint density at radius 2 is 2.33 bits per heavy atom. The Labute approximate surface area is 93.2 Å². The van der Waals surface area contributed by atoms with E-state index in [1.54, 1.807) is 0 Å². The number of hydrogen-bond acceptors (Lipinski definition) is 3. The third-order valence-electron chi connectivity index (χ3n) is 3.66. The zero-order valence-electron chi connectivity index (χ0n) is 10.0. The van der Waals surface area contributed by atoms with E-state index in [2.05, 4.69) is 24.1 Å². The van der Waals surface area contributed by atoms with Crippen molar-refractivity contribution in [3.8, 4) is 0 Å². The van der Waals surface area contributed by atoms with Crippen LogP contribution in [-0.4, -0.2) is 49.3 Å². The first-order valence-corrected chi connectivity index (χ1v) is 6.38. The second kappa shape index (κ2) is 5.28. The van der Waals surface area contributed by atoms with Crippen LogP contribution in [0, 0.1) is 0 Å². The lowest BCUT2D eigenvalue weighted by molar-refractivity contribution is 0.0401. The van der Waals surface area contributed by atoms with Crippen molar-refractivity contribution >= 4 is 0 Å². The lowest BCUT2D eigenvalue weighted by atomic mass is 10.1. The van der Waals surface area contributed by atoms with Crippen LogP contribution >= 0.6 is 0 Å². The van der Waals surface area contributed by atoms with Gasteiger partial charge >= 0.3 is 0 Å². The van der Waals surface area contributed by atoms with E-state index in [0.29, 0.717) is 18.2 Å². The molecular formula is C12H24N2O. The summed E-state index contributed by atoms with van der Waals surface area (Å²) >= 11 is 0. The molecule has 0 bridgehead atoms. The predicted octanol–water partition coefficient (Wildman–Crippen LogP) is 1.24. The average molecular weight is 212 g/mol. The van der Waals surface area contributed by atoms with E-state index in [1.165, 1.54) is 25.8 Å². The van der Waals surface area contributed by atoms with Gasteiger partial charge in [0.25, 0.3) is 0 Å². The number of ether oxygens (including phenoxy) is 1. The van der Waals surface area contributed by atoms with Crippen molar-refractivity contribution in [3.63, 3.8) is 0 Å². The molecule has 3 nitrogen and oxygen atoms in total. The summed E-state index contributed by atoms with van der Waals surface area (Å²) in [6, 6.07) is 1.35. The molecule has 15 heavy (non-hydrogen) atoms. The van der Waals surface area contributed by atoms with Gasteiger partial charge in [-0.15, -0.1) is 0 Å².